The van der Waals surface area contributed by atoms with Gasteiger partial charge in [0.2, 0.25) is 5.91 Å². The first-order valence-electron chi connectivity index (χ1n) is 3.29. The molecule has 0 aliphatic carbocycles. The Bertz CT molecular complexity index is 112. The highest BCUT2D eigenvalue weighted by molar-refractivity contribution is 5.75. The third-order valence-corrected chi connectivity index (χ3v) is 1.01. The Morgan fingerprint density at radius 2 is 2.40 bits per heavy atom. The zero-order valence-corrected chi connectivity index (χ0v) is 5.97. The second kappa shape index (κ2) is 6.29. The first kappa shape index (κ1) is 9.17. The summed E-state index contributed by atoms with van der Waals surface area (Å²) in [6, 6.07) is 0. The predicted octanol–water partition coefficient (Wildman–Crippen LogP) is 0.0611. The van der Waals surface area contributed by atoms with Crippen molar-refractivity contribution in [3.05, 3.63) is 12.7 Å². The Balaban J connectivity index is 3.16. The molecule has 0 radical (unpaired) electrons. The first-order valence-corrected chi connectivity index (χ1v) is 3.29. The Labute approximate surface area is 60.7 Å². The van der Waals surface area contributed by atoms with Crippen LogP contribution in [-0.2, 0) is 4.79 Å². The molecule has 3 heteroatoms. The molecule has 0 unspecified atom stereocenters. The summed E-state index contributed by atoms with van der Waals surface area (Å²) in [4.78, 5) is 10.7. The molecule has 2 N–H and O–H groups in total. The van der Waals surface area contributed by atoms with Crippen molar-refractivity contribution in [3.8, 4) is 0 Å². The quantitative estimate of drug-likeness (QED) is 0.535. The van der Waals surface area contributed by atoms with Gasteiger partial charge in [0, 0.05) is 19.6 Å². The van der Waals surface area contributed by atoms with Crippen LogP contribution < -0.4 is 5.32 Å². The van der Waals surface area contributed by atoms with Crippen LogP contribution >= 0.6 is 0 Å². The predicted molar refractivity (Wildman–Crippen MR) is 39.5 cm³/mol. The fraction of sp³-hybridized carbons (Fsp3) is 0.571. The summed E-state index contributed by atoms with van der Waals surface area (Å²) in [6.07, 6.45) is 2.55. The van der Waals surface area contributed by atoms with Crippen molar-refractivity contribution in [2.24, 2.45) is 0 Å². The Morgan fingerprint density at radius 1 is 1.70 bits per heavy atom. The van der Waals surface area contributed by atoms with Crippen molar-refractivity contribution in [2.75, 3.05) is 13.2 Å². The van der Waals surface area contributed by atoms with E-state index in [1.165, 1.54) is 0 Å². The molecule has 0 fully saturated rings. The molecule has 0 saturated carbocycles. The molecular formula is C7H13NO2. The van der Waals surface area contributed by atoms with Crippen LogP contribution in [0.15, 0.2) is 12.7 Å². The van der Waals surface area contributed by atoms with Gasteiger partial charge in [0.25, 0.3) is 0 Å². The van der Waals surface area contributed by atoms with Gasteiger partial charge in [-0.1, -0.05) is 6.08 Å². The number of hydrogen-bond donors (Lipinski definition) is 2. The van der Waals surface area contributed by atoms with E-state index in [0.29, 0.717) is 19.4 Å². The molecule has 10 heavy (non-hydrogen) atoms. The van der Waals surface area contributed by atoms with Gasteiger partial charge in [-0.05, 0) is 6.42 Å². The Morgan fingerprint density at radius 3 is 2.90 bits per heavy atom. The summed E-state index contributed by atoms with van der Waals surface area (Å²) in [5.74, 6) is -0.0334. The van der Waals surface area contributed by atoms with Crippen LogP contribution in [0.25, 0.3) is 0 Å². The zero-order chi connectivity index (χ0) is 7.82. The molecule has 0 aromatic carbocycles. The van der Waals surface area contributed by atoms with Crippen LogP contribution in [0.1, 0.15) is 12.8 Å². The van der Waals surface area contributed by atoms with E-state index >= 15 is 0 Å². The first-order chi connectivity index (χ1) is 4.81. The SMILES string of the molecule is C=CCNC(=O)CCCO. The lowest BCUT2D eigenvalue weighted by molar-refractivity contribution is -0.121. The zero-order valence-electron chi connectivity index (χ0n) is 5.97. The van der Waals surface area contributed by atoms with E-state index in [-0.39, 0.29) is 12.5 Å². The smallest absolute Gasteiger partial charge is 0.220 e. The molecule has 0 aromatic heterocycles. The summed E-state index contributed by atoms with van der Waals surface area (Å²) in [7, 11) is 0. The van der Waals surface area contributed by atoms with Gasteiger partial charge in [-0.2, -0.15) is 0 Å². The van der Waals surface area contributed by atoms with Gasteiger partial charge in [0.15, 0.2) is 0 Å². The summed E-state index contributed by atoms with van der Waals surface area (Å²) in [5.41, 5.74) is 0. The van der Waals surface area contributed by atoms with Gasteiger partial charge in [-0.3, -0.25) is 4.79 Å². The maximum Gasteiger partial charge on any atom is 0.220 e. The summed E-state index contributed by atoms with van der Waals surface area (Å²) in [5, 5.41) is 10.9. The molecule has 3 nitrogen and oxygen atoms in total. The molecule has 0 spiro atoms. The maximum atomic E-state index is 10.7. The molecule has 1 amide bonds. The third-order valence-electron chi connectivity index (χ3n) is 1.01. The Hall–Kier alpha value is -0.830. The number of amides is 1. The maximum absolute atomic E-state index is 10.7. The minimum atomic E-state index is -0.0334. The van der Waals surface area contributed by atoms with Crippen molar-refractivity contribution in [2.45, 2.75) is 12.8 Å². The normalized spacial score (nSPS) is 8.90. The van der Waals surface area contributed by atoms with Gasteiger partial charge in [0.05, 0.1) is 0 Å². The average Bonchev–Trinajstić information content (AvgIpc) is 1.97. The highest BCUT2D eigenvalue weighted by atomic mass is 16.3. The number of hydrogen-bond acceptors (Lipinski definition) is 2. The van der Waals surface area contributed by atoms with Gasteiger partial charge in [-0.25, -0.2) is 0 Å². The molecule has 0 atom stereocenters. The highest BCUT2D eigenvalue weighted by Crippen LogP contribution is 1.85. The second-order valence-electron chi connectivity index (χ2n) is 1.92. The Kier molecular flexibility index (Phi) is 5.77. The standard InChI is InChI=1S/C7H13NO2/c1-2-5-8-7(10)4-3-6-9/h2,9H,1,3-6H2,(H,8,10). The number of aliphatic hydroxyl groups excluding tert-OH is 1. The van der Waals surface area contributed by atoms with Crippen molar-refractivity contribution < 1.29 is 9.90 Å². The van der Waals surface area contributed by atoms with Crippen molar-refractivity contribution in [1.29, 1.82) is 0 Å². The molecule has 0 aliphatic rings. The van der Waals surface area contributed by atoms with Crippen LogP contribution in [0, 0.1) is 0 Å². The van der Waals surface area contributed by atoms with E-state index in [2.05, 4.69) is 11.9 Å². The monoisotopic (exact) mass is 143 g/mol. The van der Waals surface area contributed by atoms with Crippen LogP contribution in [0.3, 0.4) is 0 Å². The van der Waals surface area contributed by atoms with Crippen molar-refractivity contribution >= 4 is 5.91 Å². The lowest BCUT2D eigenvalue weighted by atomic mass is 10.3. The molecule has 0 aromatic rings. The number of rotatable bonds is 5. The van der Waals surface area contributed by atoms with Crippen LogP contribution in [0.5, 0.6) is 0 Å². The van der Waals surface area contributed by atoms with E-state index in [9.17, 15) is 4.79 Å². The van der Waals surface area contributed by atoms with E-state index in [1.54, 1.807) is 6.08 Å². The number of carbonyl (C=O) groups excluding carboxylic acids is 1. The molecule has 0 heterocycles. The van der Waals surface area contributed by atoms with E-state index in [1.807, 2.05) is 0 Å². The van der Waals surface area contributed by atoms with Crippen molar-refractivity contribution in [3.63, 3.8) is 0 Å². The third kappa shape index (κ3) is 5.31. The largest absolute Gasteiger partial charge is 0.396 e. The minimum Gasteiger partial charge on any atom is -0.396 e. The molecule has 0 bridgehead atoms. The molecule has 58 valence electrons. The summed E-state index contributed by atoms with van der Waals surface area (Å²) in [6.45, 7) is 4.02. The number of carbonyl (C=O) groups is 1. The van der Waals surface area contributed by atoms with E-state index < -0.39 is 0 Å². The van der Waals surface area contributed by atoms with Gasteiger partial charge in [-0.15, -0.1) is 6.58 Å². The molecule has 0 rings (SSSR count). The lowest BCUT2D eigenvalue weighted by Gasteiger charge is -1.98. The van der Waals surface area contributed by atoms with Crippen molar-refractivity contribution in [1.82, 2.24) is 5.32 Å². The number of nitrogens with one attached hydrogen (secondary N) is 1. The lowest BCUT2D eigenvalue weighted by Crippen LogP contribution is -2.22. The fourth-order valence-electron chi connectivity index (χ4n) is 0.514. The van der Waals surface area contributed by atoms with Crippen LogP contribution in [0.2, 0.25) is 0 Å². The molecule has 0 aliphatic heterocycles. The molecular weight excluding hydrogens is 130 g/mol. The van der Waals surface area contributed by atoms with E-state index in [4.69, 9.17) is 5.11 Å². The van der Waals surface area contributed by atoms with Gasteiger partial charge < -0.3 is 10.4 Å². The fourth-order valence-corrected chi connectivity index (χ4v) is 0.514. The highest BCUT2D eigenvalue weighted by Gasteiger charge is 1.96. The van der Waals surface area contributed by atoms with Gasteiger partial charge in [0.1, 0.15) is 0 Å². The van der Waals surface area contributed by atoms with Crippen LogP contribution in [-0.4, -0.2) is 24.2 Å². The number of aliphatic hydroxyl groups is 1. The second-order valence-corrected chi connectivity index (χ2v) is 1.92. The average molecular weight is 143 g/mol. The van der Waals surface area contributed by atoms with Crippen LogP contribution in [0.4, 0.5) is 0 Å². The topological polar surface area (TPSA) is 49.3 Å². The summed E-state index contributed by atoms with van der Waals surface area (Å²) < 4.78 is 0. The van der Waals surface area contributed by atoms with E-state index in [0.717, 1.165) is 0 Å². The molecule has 0 saturated heterocycles. The van der Waals surface area contributed by atoms with Gasteiger partial charge >= 0.3 is 0 Å². The summed E-state index contributed by atoms with van der Waals surface area (Å²) >= 11 is 0. The minimum absolute atomic E-state index is 0.0334.